The molecule has 2 heterocycles. The summed E-state index contributed by atoms with van der Waals surface area (Å²) in [6.45, 7) is 2.46. The summed E-state index contributed by atoms with van der Waals surface area (Å²) in [6.07, 6.45) is 0.217. The zero-order valence-electron chi connectivity index (χ0n) is 21.4. The number of hydrogen-bond donors (Lipinski definition) is 1. The van der Waals surface area contributed by atoms with Crippen molar-refractivity contribution in [3.05, 3.63) is 76.8 Å². The number of nitrogens with two attached hydrogens (primary N) is 1. The normalized spacial score (nSPS) is 14.4. The number of hydrogen-bond acceptors (Lipinski definition) is 7. The quantitative estimate of drug-likeness (QED) is 0.337. The van der Waals surface area contributed by atoms with Gasteiger partial charge in [0, 0.05) is 54.1 Å². The Morgan fingerprint density at radius 2 is 1.68 bits per heavy atom. The molecule has 1 aromatic heterocycles. The number of ether oxygens (including phenoxy) is 2. The molecule has 1 amide bonds. The first-order chi connectivity index (χ1) is 18.5. The topological polar surface area (TPSA) is 93.8 Å². The van der Waals surface area contributed by atoms with Crippen molar-refractivity contribution in [2.24, 2.45) is 5.73 Å². The van der Waals surface area contributed by atoms with E-state index in [0.717, 1.165) is 32.2 Å². The van der Waals surface area contributed by atoms with E-state index in [2.05, 4.69) is 39.0 Å². The minimum absolute atomic E-state index is 0.0289. The number of fused-ring (bicyclic) bond motifs is 1. The van der Waals surface area contributed by atoms with E-state index in [1.807, 2.05) is 53.4 Å². The van der Waals surface area contributed by atoms with Gasteiger partial charge in [0.05, 0.1) is 25.4 Å². The third-order valence-electron chi connectivity index (χ3n) is 6.84. The van der Waals surface area contributed by atoms with Crippen LogP contribution in [0.4, 0.5) is 5.95 Å². The van der Waals surface area contributed by atoms with Crippen LogP contribution >= 0.6 is 15.9 Å². The van der Waals surface area contributed by atoms with E-state index >= 15 is 0 Å². The number of piperazine rings is 1. The van der Waals surface area contributed by atoms with Crippen molar-refractivity contribution < 1.29 is 14.3 Å². The van der Waals surface area contributed by atoms with Gasteiger partial charge in [-0.15, -0.1) is 0 Å². The Labute approximate surface area is 230 Å². The molecule has 1 saturated heterocycles. The van der Waals surface area contributed by atoms with Gasteiger partial charge in [0.1, 0.15) is 0 Å². The molecule has 3 aromatic carbocycles. The number of anilines is 1. The Hall–Kier alpha value is -3.69. The van der Waals surface area contributed by atoms with Crippen LogP contribution in [0.15, 0.2) is 71.2 Å². The fourth-order valence-corrected chi connectivity index (χ4v) is 5.08. The third-order valence-corrected chi connectivity index (χ3v) is 7.33. The Bertz CT molecular complexity index is 1440. The fourth-order valence-electron chi connectivity index (χ4n) is 4.72. The molecular weight excluding hydrogens is 546 g/mol. The molecule has 2 N–H and O–H groups in total. The van der Waals surface area contributed by atoms with Gasteiger partial charge in [-0.25, -0.2) is 9.97 Å². The first-order valence-electron chi connectivity index (χ1n) is 12.5. The molecule has 1 aliphatic heterocycles. The van der Waals surface area contributed by atoms with Crippen LogP contribution in [0.5, 0.6) is 11.5 Å². The lowest BCUT2D eigenvalue weighted by atomic mass is 10.0. The number of aromatic nitrogens is 2. The van der Waals surface area contributed by atoms with Crippen LogP contribution in [0, 0.1) is 0 Å². The maximum Gasteiger partial charge on any atom is 0.226 e. The molecule has 0 spiro atoms. The maximum absolute atomic E-state index is 13.1. The summed E-state index contributed by atoms with van der Waals surface area (Å²) < 4.78 is 11.7. The number of carbonyl (C=O) groups is 1. The van der Waals surface area contributed by atoms with E-state index in [1.54, 1.807) is 14.2 Å². The average molecular weight is 576 g/mol. The third kappa shape index (κ3) is 5.44. The molecular formula is C29H30BrN5O3. The van der Waals surface area contributed by atoms with Gasteiger partial charge in [-0.3, -0.25) is 4.79 Å². The van der Waals surface area contributed by atoms with E-state index in [-0.39, 0.29) is 12.3 Å². The second kappa shape index (κ2) is 11.4. The van der Waals surface area contributed by atoms with Crippen molar-refractivity contribution in [2.75, 3.05) is 45.3 Å². The second-order valence-corrected chi connectivity index (χ2v) is 10.1. The highest BCUT2D eigenvalue weighted by Crippen LogP contribution is 2.32. The summed E-state index contributed by atoms with van der Waals surface area (Å²) in [5, 5.41) is 0.993. The van der Waals surface area contributed by atoms with Crippen LogP contribution < -0.4 is 20.1 Å². The van der Waals surface area contributed by atoms with Crippen LogP contribution in [-0.4, -0.2) is 61.2 Å². The van der Waals surface area contributed by atoms with Crippen molar-refractivity contribution in [3.63, 3.8) is 0 Å². The van der Waals surface area contributed by atoms with Gasteiger partial charge in [-0.1, -0.05) is 52.3 Å². The number of carbonyl (C=O) groups excluding carboxylic acids is 1. The fraction of sp³-hybridized carbons (Fsp3) is 0.276. The molecule has 0 radical (unpaired) electrons. The molecule has 0 saturated carbocycles. The Morgan fingerprint density at radius 1 is 0.947 bits per heavy atom. The summed E-state index contributed by atoms with van der Waals surface area (Å²) in [7, 11) is 3.17. The van der Waals surface area contributed by atoms with Gasteiger partial charge >= 0.3 is 0 Å². The van der Waals surface area contributed by atoms with E-state index < -0.39 is 6.04 Å². The van der Waals surface area contributed by atoms with Crippen molar-refractivity contribution >= 4 is 38.7 Å². The summed E-state index contributed by atoms with van der Waals surface area (Å²) in [5.41, 5.74) is 10.0. The maximum atomic E-state index is 13.1. The number of halogens is 1. The van der Waals surface area contributed by atoms with Gasteiger partial charge in [0.25, 0.3) is 0 Å². The lowest BCUT2D eigenvalue weighted by Gasteiger charge is -2.35. The summed E-state index contributed by atoms with van der Waals surface area (Å²) in [6, 6.07) is 21.3. The molecule has 1 atom stereocenters. The Kier molecular flexibility index (Phi) is 7.76. The number of methoxy groups -OCH3 is 2. The van der Waals surface area contributed by atoms with E-state index in [1.165, 1.54) is 0 Å². The summed E-state index contributed by atoms with van der Waals surface area (Å²) >= 11 is 3.58. The van der Waals surface area contributed by atoms with Crippen molar-refractivity contribution in [2.45, 2.75) is 12.5 Å². The minimum atomic E-state index is -0.433. The highest BCUT2D eigenvalue weighted by atomic mass is 79.9. The standard InChI is InChI=1S/C29H30BrN5O3/c1-37-25-11-8-20(16-26(25)38-2)23(31)18-27(36)34-12-14-35(15-13-34)29-32-24-10-9-21(30)17-22(24)28(33-29)19-6-4-3-5-7-19/h3-11,16-17,23H,12-15,18,31H2,1-2H3/t23-/m1/s1. The minimum Gasteiger partial charge on any atom is -0.493 e. The van der Waals surface area contributed by atoms with Gasteiger partial charge < -0.3 is 25.0 Å². The number of amides is 1. The van der Waals surface area contributed by atoms with Gasteiger partial charge in [0.2, 0.25) is 11.9 Å². The Balaban J connectivity index is 1.29. The van der Waals surface area contributed by atoms with Crippen molar-refractivity contribution in [3.8, 4) is 22.8 Å². The van der Waals surface area contributed by atoms with Gasteiger partial charge in [-0.2, -0.15) is 0 Å². The monoisotopic (exact) mass is 575 g/mol. The summed E-state index contributed by atoms with van der Waals surface area (Å²) in [5.74, 6) is 1.93. The predicted molar refractivity (Wildman–Crippen MR) is 153 cm³/mol. The molecule has 196 valence electrons. The molecule has 0 aliphatic carbocycles. The second-order valence-electron chi connectivity index (χ2n) is 9.19. The van der Waals surface area contributed by atoms with Gasteiger partial charge in [-0.05, 0) is 35.9 Å². The summed E-state index contributed by atoms with van der Waals surface area (Å²) in [4.78, 5) is 26.9. The van der Waals surface area contributed by atoms with E-state index in [4.69, 9.17) is 25.2 Å². The Morgan fingerprint density at radius 3 is 2.39 bits per heavy atom. The molecule has 0 unspecified atom stereocenters. The largest absolute Gasteiger partial charge is 0.493 e. The number of rotatable bonds is 7. The van der Waals surface area contributed by atoms with E-state index in [9.17, 15) is 4.79 Å². The predicted octanol–water partition coefficient (Wildman–Crippen LogP) is 4.82. The van der Waals surface area contributed by atoms with Crippen LogP contribution in [0.3, 0.4) is 0 Å². The molecule has 38 heavy (non-hydrogen) atoms. The smallest absolute Gasteiger partial charge is 0.226 e. The zero-order chi connectivity index (χ0) is 26.6. The van der Waals surface area contributed by atoms with Crippen LogP contribution in [-0.2, 0) is 4.79 Å². The lowest BCUT2D eigenvalue weighted by molar-refractivity contribution is -0.131. The molecule has 4 aromatic rings. The molecule has 1 fully saturated rings. The zero-order valence-corrected chi connectivity index (χ0v) is 23.0. The SMILES string of the molecule is COc1ccc([C@H](N)CC(=O)N2CCN(c3nc(-c4ccccc4)c4cc(Br)ccc4n3)CC2)cc1OC. The number of nitrogens with zero attached hydrogens (tertiary/aromatic N) is 4. The molecule has 0 bridgehead atoms. The van der Waals surface area contributed by atoms with Crippen molar-refractivity contribution in [1.29, 1.82) is 0 Å². The molecule has 9 heteroatoms. The van der Waals surface area contributed by atoms with Crippen LogP contribution in [0.2, 0.25) is 0 Å². The average Bonchev–Trinajstić information content (AvgIpc) is 2.96. The highest BCUT2D eigenvalue weighted by molar-refractivity contribution is 9.10. The number of benzene rings is 3. The first kappa shape index (κ1) is 25.9. The first-order valence-corrected chi connectivity index (χ1v) is 13.3. The highest BCUT2D eigenvalue weighted by Gasteiger charge is 2.25. The van der Waals surface area contributed by atoms with Crippen molar-refractivity contribution in [1.82, 2.24) is 14.9 Å². The molecule has 1 aliphatic rings. The molecule has 8 nitrogen and oxygen atoms in total. The van der Waals surface area contributed by atoms with Crippen LogP contribution in [0.25, 0.3) is 22.2 Å². The van der Waals surface area contributed by atoms with Crippen LogP contribution in [0.1, 0.15) is 18.0 Å². The van der Waals surface area contributed by atoms with Gasteiger partial charge in [0.15, 0.2) is 11.5 Å². The van der Waals surface area contributed by atoms with E-state index in [0.29, 0.717) is 43.6 Å². The lowest BCUT2D eigenvalue weighted by Crippen LogP contribution is -2.49. The molecule has 5 rings (SSSR count).